The fourth-order valence-electron chi connectivity index (χ4n) is 7.77. The van der Waals surface area contributed by atoms with Crippen LogP contribution in [0.4, 0.5) is 0 Å². The highest BCUT2D eigenvalue weighted by Crippen LogP contribution is 2.66. The summed E-state index contributed by atoms with van der Waals surface area (Å²) in [5.74, 6) is 4.16. The van der Waals surface area contributed by atoms with E-state index in [2.05, 4.69) is 33.8 Å². The van der Waals surface area contributed by atoms with E-state index in [4.69, 9.17) is 4.74 Å². The molecule has 4 aliphatic carbocycles. The molecule has 27 heavy (non-hydrogen) atoms. The van der Waals surface area contributed by atoms with Crippen LogP contribution in [0.2, 0.25) is 0 Å². The lowest BCUT2D eigenvalue weighted by Crippen LogP contribution is -2.50. The van der Waals surface area contributed by atoms with E-state index < -0.39 is 0 Å². The Bertz CT molecular complexity index is 567. The third-order valence-electron chi connectivity index (χ3n) is 9.34. The second-order valence-corrected chi connectivity index (χ2v) is 11.2. The number of ether oxygens (including phenoxy) is 1. The summed E-state index contributed by atoms with van der Waals surface area (Å²) in [4.78, 5) is 0. The summed E-state index contributed by atoms with van der Waals surface area (Å²) in [5, 5.41) is 10.2. The molecule has 4 aliphatic rings. The maximum Gasteiger partial charge on any atom is 0.0577 e. The van der Waals surface area contributed by atoms with Gasteiger partial charge in [-0.2, -0.15) is 0 Å². The van der Waals surface area contributed by atoms with Gasteiger partial charge in [0.25, 0.3) is 0 Å². The zero-order valence-corrected chi connectivity index (χ0v) is 18.2. The number of aliphatic hydroxyl groups is 1. The average Bonchev–Trinajstić information content (AvgIpc) is 2.96. The molecule has 0 unspecified atom stereocenters. The van der Waals surface area contributed by atoms with Crippen molar-refractivity contribution in [3.63, 3.8) is 0 Å². The van der Waals surface area contributed by atoms with Gasteiger partial charge in [0.2, 0.25) is 0 Å². The standard InChI is InChI=1S/C25H42O2/c1-17(2)16-27-14-11-18-6-8-22-21-7-5-19-15-20(26)9-12-25(19,4)23(21)10-13-24(18,22)3/h5,17-18,20-23,26H,6-16H2,1-4H3/t18-,20+,21+,22+,23+,24-,25+/m1/s1. The van der Waals surface area contributed by atoms with Crippen molar-refractivity contribution in [2.75, 3.05) is 13.2 Å². The van der Waals surface area contributed by atoms with Crippen molar-refractivity contribution in [3.8, 4) is 0 Å². The molecule has 0 saturated heterocycles. The summed E-state index contributed by atoms with van der Waals surface area (Å²) < 4.78 is 5.95. The minimum absolute atomic E-state index is 0.0866. The molecule has 0 heterocycles. The van der Waals surface area contributed by atoms with Crippen LogP contribution in [0, 0.1) is 40.4 Å². The van der Waals surface area contributed by atoms with Crippen molar-refractivity contribution in [3.05, 3.63) is 11.6 Å². The quantitative estimate of drug-likeness (QED) is 0.473. The van der Waals surface area contributed by atoms with Crippen molar-refractivity contribution in [2.45, 2.75) is 91.6 Å². The summed E-state index contributed by atoms with van der Waals surface area (Å²) in [6.07, 6.45) is 13.9. The monoisotopic (exact) mass is 374 g/mol. The summed E-state index contributed by atoms with van der Waals surface area (Å²) in [7, 11) is 0. The topological polar surface area (TPSA) is 29.5 Å². The molecule has 0 aromatic rings. The van der Waals surface area contributed by atoms with Gasteiger partial charge >= 0.3 is 0 Å². The van der Waals surface area contributed by atoms with Gasteiger partial charge in [0, 0.05) is 13.2 Å². The molecular formula is C25H42O2. The first kappa shape index (κ1) is 20.0. The highest BCUT2D eigenvalue weighted by Gasteiger charge is 2.58. The lowest BCUT2D eigenvalue weighted by atomic mass is 9.47. The molecule has 0 bridgehead atoms. The molecule has 0 spiro atoms. The Kier molecular flexibility index (Phi) is 5.53. The SMILES string of the molecule is CC(C)COCC[C@H]1CC[C@H]2[C@@H]3CC=C4C[C@@H](O)CC[C@]4(C)[C@H]3CC[C@]12C. The van der Waals surface area contributed by atoms with Crippen LogP contribution >= 0.6 is 0 Å². The van der Waals surface area contributed by atoms with E-state index in [0.29, 0.717) is 16.7 Å². The minimum atomic E-state index is -0.0866. The smallest absolute Gasteiger partial charge is 0.0577 e. The minimum Gasteiger partial charge on any atom is -0.393 e. The van der Waals surface area contributed by atoms with Crippen LogP contribution in [0.25, 0.3) is 0 Å². The van der Waals surface area contributed by atoms with Crippen LogP contribution in [0.5, 0.6) is 0 Å². The van der Waals surface area contributed by atoms with E-state index in [-0.39, 0.29) is 6.10 Å². The normalized spacial score (nSPS) is 46.6. The Morgan fingerprint density at radius 1 is 1.11 bits per heavy atom. The summed E-state index contributed by atoms with van der Waals surface area (Å²) in [6, 6.07) is 0. The molecule has 3 saturated carbocycles. The molecule has 0 aliphatic heterocycles. The van der Waals surface area contributed by atoms with E-state index in [9.17, 15) is 5.11 Å². The highest BCUT2D eigenvalue weighted by molar-refractivity contribution is 5.25. The van der Waals surface area contributed by atoms with Gasteiger partial charge in [0.05, 0.1) is 6.10 Å². The zero-order valence-electron chi connectivity index (χ0n) is 18.2. The summed E-state index contributed by atoms with van der Waals surface area (Å²) in [6.45, 7) is 11.5. The van der Waals surface area contributed by atoms with Gasteiger partial charge in [0.1, 0.15) is 0 Å². The molecule has 4 rings (SSSR count). The Labute approximate surface area is 167 Å². The zero-order chi connectivity index (χ0) is 19.2. The fourth-order valence-corrected chi connectivity index (χ4v) is 7.77. The molecular weight excluding hydrogens is 332 g/mol. The van der Waals surface area contributed by atoms with Crippen molar-refractivity contribution in [2.24, 2.45) is 40.4 Å². The molecule has 0 aromatic heterocycles. The van der Waals surface area contributed by atoms with Crippen LogP contribution in [0.1, 0.15) is 85.5 Å². The number of rotatable bonds is 5. The second kappa shape index (κ2) is 7.48. The molecule has 3 fully saturated rings. The van der Waals surface area contributed by atoms with Crippen LogP contribution in [0.3, 0.4) is 0 Å². The number of allylic oxidation sites excluding steroid dienone is 1. The fraction of sp³-hybridized carbons (Fsp3) is 0.920. The predicted octanol–water partition coefficient (Wildman–Crippen LogP) is 5.99. The number of hydrogen-bond donors (Lipinski definition) is 1. The Balaban J connectivity index is 1.46. The summed E-state index contributed by atoms with van der Waals surface area (Å²) >= 11 is 0. The van der Waals surface area contributed by atoms with Crippen LogP contribution in [-0.2, 0) is 4.74 Å². The highest BCUT2D eigenvalue weighted by atomic mass is 16.5. The second-order valence-electron chi connectivity index (χ2n) is 11.2. The third-order valence-corrected chi connectivity index (χ3v) is 9.34. The largest absolute Gasteiger partial charge is 0.393 e. The average molecular weight is 375 g/mol. The molecule has 0 amide bonds. The summed E-state index contributed by atoms with van der Waals surface area (Å²) in [5.41, 5.74) is 2.52. The number of fused-ring (bicyclic) bond motifs is 5. The number of aliphatic hydroxyl groups excluding tert-OH is 1. The van der Waals surface area contributed by atoms with Crippen LogP contribution in [-0.4, -0.2) is 24.4 Å². The van der Waals surface area contributed by atoms with E-state index in [1.54, 1.807) is 5.57 Å². The van der Waals surface area contributed by atoms with Gasteiger partial charge in [-0.1, -0.05) is 39.3 Å². The van der Waals surface area contributed by atoms with Crippen molar-refractivity contribution < 1.29 is 9.84 Å². The third kappa shape index (κ3) is 3.44. The molecule has 7 atom stereocenters. The van der Waals surface area contributed by atoms with E-state index in [0.717, 1.165) is 49.7 Å². The van der Waals surface area contributed by atoms with Crippen LogP contribution < -0.4 is 0 Å². The predicted molar refractivity (Wildman–Crippen MR) is 111 cm³/mol. The molecule has 0 radical (unpaired) electrons. The van der Waals surface area contributed by atoms with Gasteiger partial charge in [0.15, 0.2) is 0 Å². The molecule has 0 aromatic carbocycles. The van der Waals surface area contributed by atoms with Crippen molar-refractivity contribution in [1.29, 1.82) is 0 Å². The van der Waals surface area contributed by atoms with Gasteiger partial charge in [-0.3, -0.25) is 0 Å². The maximum absolute atomic E-state index is 10.2. The Morgan fingerprint density at radius 2 is 1.93 bits per heavy atom. The number of hydrogen-bond acceptors (Lipinski definition) is 2. The molecule has 1 N–H and O–H groups in total. The van der Waals surface area contributed by atoms with E-state index in [1.165, 1.54) is 44.9 Å². The Morgan fingerprint density at radius 3 is 2.70 bits per heavy atom. The Hall–Kier alpha value is -0.340. The lowest BCUT2D eigenvalue weighted by Gasteiger charge is -2.58. The lowest BCUT2D eigenvalue weighted by molar-refractivity contribution is -0.0538. The molecule has 2 heteroatoms. The molecule has 154 valence electrons. The molecule has 2 nitrogen and oxygen atoms in total. The van der Waals surface area contributed by atoms with Crippen molar-refractivity contribution in [1.82, 2.24) is 0 Å². The van der Waals surface area contributed by atoms with Gasteiger partial charge in [-0.05, 0) is 98.2 Å². The van der Waals surface area contributed by atoms with E-state index >= 15 is 0 Å². The van der Waals surface area contributed by atoms with Gasteiger partial charge in [-0.25, -0.2) is 0 Å². The van der Waals surface area contributed by atoms with Crippen LogP contribution in [0.15, 0.2) is 11.6 Å². The van der Waals surface area contributed by atoms with E-state index in [1.807, 2.05) is 0 Å². The first-order valence-electron chi connectivity index (χ1n) is 11.8. The van der Waals surface area contributed by atoms with Crippen molar-refractivity contribution >= 4 is 0 Å². The maximum atomic E-state index is 10.2. The van der Waals surface area contributed by atoms with Gasteiger partial charge in [-0.15, -0.1) is 0 Å². The first-order chi connectivity index (χ1) is 12.8. The first-order valence-corrected chi connectivity index (χ1v) is 11.8. The van der Waals surface area contributed by atoms with Gasteiger partial charge < -0.3 is 9.84 Å².